The van der Waals surface area contributed by atoms with E-state index in [1.165, 1.54) is 0 Å². The van der Waals surface area contributed by atoms with Crippen molar-refractivity contribution in [1.82, 2.24) is 0 Å². The average molecular weight is 621 g/mol. The number of rotatable bonds is 10. The van der Waals surface area contributed by atoms with Crippen LogP contribution in [0.5, 0.6) is 0 Å². The van der Waals surface area contributed by atoms with Crippen molar-refractivity contribution in [2.24, 2.45) is 0 Å². The van der Waals surface area contributed by atoms with E-state index in [1.807, 2.05) is 138 Å². The standard InChI is InChI=1S/C42H28N4O2/c43-27-41(33-15-23-39(24-16-33)45(35-7-3-1-4-8-35)36-9-5-2-6-10-36)42(28-44)34-17-25-40(26-18-34)46(37-19-11-31(29-47)12-20-37)38-21-13-32(30-48)14-22-38/h1-26,29-30H/b42-41+. The number of carbonyl (C=O) groups excluding carboxylic acids is 2. The molecule has 0 radical (unpaired) electrons. The van der Waals surface area contributed by atoms with Crippen LogP contribution in [0.25, 0.3) is 11.1 Å². The predicted molar refractivity (Wildman–Crippen MR) is 191 cm³/mol. The van der Waals surface area contributed by atoms with E-state index in [-0.39, 0.29) is 11.1 Å². The van der Waals surface area contributed by atoms with E-state index in [0.717, 1.165) is 46.7 Å². The maximum Gasteiger partial charge on any atom is 0.150 e. The van der Waals surface area contributed by atoms with Crippen LogP contribution in [-0.2, 0) is 0 Å². The molecular formula is C42H28N4O2. The summed E-state index contributed by atoms with van der Waals surface area (Å²) >= 11 is 0. The van der Waals surface area contributed by atoms with Crippen molar-refractivity contribution in [3.8, 4) is 12.1 Å². The Hall–Kier alpha value is -7.02. The second-order valence-electron chi connectivity index (χ2n) is 10.8. The van der Waals surface area contributed by atoms with Gasteiger partial charge in [0.25, 0.3) is 0 Å². The van der Waals surface area contributed by atoms with E-state index in [0.29, 0.717) is 22.3 Å². The van der Waals surface area contributed by atoms with E-state index in [1.54, 1.807) is 24.3 Å². The number of allylic oxidation sites excluding steroid dienone is 2. The summed E-state index contributed by atoms with van der Waals surface area (Å²) in [6.45, 7) is 0. The zero-order chi connectivity index (χ0) is 33.3. The van der Waals surface area contributed by atoms with Gasteiger partial charge in [-0.3, -0.25) is 9.59 Å². The van der Waals surface area contributed by atoms with Crippen LogP contribution < -0.4 is 9.80 Å². The van der Waals surface area contributed by atoms with Gasteiger partial charge in [-0.2, -0.15) is 10.5 Å². The number of carbonyl (C=O) groups is 2. The van der Waals surface area contributed by atoms with Crippen LogP contribution in [0.4, 0.5) is 34.1 Å². The van der Waals surface area contributed by atoms with Crippen LogP contribution in [0.2, 0.25) is 0 Å². The first-order chi connectivity index (χ1) is 23.6. The molecule has 0 saturated carbocycles. The summed E-state index contributed by atoms with van der Waals surface area (Å²) in [4.78, 5) is 26.7. The molecule has 6 nitrogen and oxygen atoms in total. The molecular weight excluding hydrogens is 592 g/mol. The van der Waals surface area contributed by atoms with Crippen LogP contribution in [0.15, 0.2) is 158 Å². The molecule has 0 fully saturated rings. The van der Waals surface area contributed by atoms with Gasteiger partial charge in [0.05, 0.1) is 11.1 Å². The van der Waals surface area contributed by atoms with Crippen molar-refractivity contribution in [3.63, 3.8) is 0 Å². The fraction of sp³-hybridized carbons (Fsp3) is 0. The molecule has 0 heterocycles. The highest BCUT2D eigenvalue weighted by Gasteiger charge is 2.17. The molecule has 0 aliphatic rings. The highest BCUT2D eigenvalue weighted by atomic mass is 16.1. The lowest BCUT2D eigenvalue weighted by Gasteiger charge is -2.26. The van der Waals surface area contributed by atoms with Gasteiger partial charge >= 0.3 is 0 Å². The third-order valence-electron chi connectivity index (χ3n) is 7.91. The summed E-state index contributed by atoms with van der Waals surface area (Å²) in [5.74, 6) is 0. The third-order valence-corrected chi connectivity index (χ3v) is 7.91. The number of hydrogen-bond donors (Lipinski definition) is 0. The number of nitriles is 2. The number of anilines is 6. The number of aldehydes is 2. The molecule has 0 amide bonds. The second kappa shape index (κ2) is 14.4. The molecule has 0 aromatic heterocycles. The highest BCUT2D eigenvalue weighted by molar-refractivity contribution is 6.03. The van der Waals surface area contributed by atoms with Gasteiger partial charge in [-0.25, -0.2) is 0 Å². The van der Waals surface area contributed by atoms with Crippen LogP contribution in [0, 0.1) is 22.7 Å². The molecule has 0 aliphatic carbocycles. The fourth-order valence-corrected chi connectivity index (χ4v) is 5.54. The Bertz CT molecular complexity index is 2050. The Morgan fingerprint density at radius 1 is 0.396 bits per heavy atom. The smallest absolute Gasteiger partial charge is 0.150 e. The van der Waals surface area contributed by atoms with Crippen molar-refractivity contribution >= 4 is 57.8 Å². The summed E-state index contributed by atoms with van der Waals surface area (Å²) in [6.07, 6.45) is 1.58. The zero-order valence-corrected chi connectivity index (χ0v) is 25.8. The van der Waals surface area contributed by atoms with E-state index < -0.39 is 0 Å². The molecule has 0 atom stereocenters. The van der Waals surface area contributed by atoms with Crippen LogP contribution in [0.3, 0.4) is 0 Å². The van der Waals surface area contributed by atoms with Gasteiger partial charge < -0.3 is 9.80 Å². The zero-order valence-electron chi connectivity index (χ0n) is 25.8. The third kappa shape index (κ3) is 6.50. The maximum absolute atomic E-state index is 11.3. The molecule has 6 aromatic carbocycles. The van der Waals surface area contributed by atoms with Crippen molar-refractivity contribution in [1.29, 1.82) is 10.5 Å². The van der Waals surface area contributed by atoms with Gasteiger partial charge in [-0.1, -0.05) is 60.7 Å². The van der Waals surface area contributed by atoms with Crippen molar-refractivity contribution in [3.05, 3.63) is 180 Å². The summed E-state index contributed by atoms with van der Waals surface area (Å²) in [7, 11) is 0. The second-order valence-corrected chi connectivity index (χ2v) is 10.8. The molecule has 0 unspecified atom stereocenters. The van der Waals surface area contributed by atoms with Crippen molar-refractivity contribution < 1.29 is 9.59 Å². The van der Waals surface area contributed by atoms with Gasteiger partial charge in [-0.05, 0) is 108 Å². The van der Waals surface area contributed by atoms with E-state index >= 15 is 0 Å². The van der Waals surface area contributed by atoms with E-state index in [4.69, 9.17) is 0 Å². The minimum atomic E-state index is 0.261. The minimum absolute atomic E-state index is 0.261. The SMILES string of the molecule is N#C/C(=C(/C#N)c1ccc(N(c2ccc(C=O)cc2)c2ccc(C=O)cc2)cc1)c1ccc(N(c2ccccc2)c2ccccc2)cc1. The normalized spacial score (nSPS) is 11.0. The van der Waals surface area contributed by atoms with Crippen molar-refractivity contribution in [2.45, 2.75) is 0 Å². The topological polar surface area (TPSA) is 88.2 Å². The molecule has 0 N–H and O–H groups in total. The van der Waals surface area contributed by atoms with E-state index in [2.05, 4.69) is 17.0 Å². The Balaban J connectivity index is 1.35. The Kier molecular flexibility index (Phi) is 9.29. The molecule has 0 aliphatic heterocycles. The van der Waals surface area contributed by atoms with Gasteiger partial charge in [-0.15, -0.1) is 0 Å². The molecule has 0 bridgehead atoms. The minimum Gasteiger partial charge on any atom is -0.311 e. The molecule has 228 valence electrons. The molecule has 6 heteroatoms. The predicted octanol–water partition coefficient (Wildman–Crippen LogP) is 10.2. The molecule has 0 saturated heterocycles. The fourth-order valence-electron chi connectivity index (χ4n) is 5.54. The quantitative estimate of drug-likeness (QED) is 0.0860. The summed E-state index contributed by atoms with van der Waals surface area (Å²) in [5, 5.41) is 20.6. The lowest BCUT2D eigenvalue weighted by atomic mass is 9.95. The number of benzene rings is 6. The molecule has 48 heavy (non-hydrogen) atoms. The lowest BCUT2D eigenvalue weighted by Crippen LogP contribution is -2.10. The van der Waals surface area contributed by atoms with Crippen LogP contribution in [-0.4, -0.2) is 12.6 Å². The van der Waals surface area contributed by atoms with E-state index in [9.17, 15) is 20.1 Å². The maximum atomic E-state index is 11.3. The summed E-state index contributed by atoms with van der Waals surface area (Å²) < 4.78 is 0. The number of hydrogen-bond acceptors (Lipinski definition) is 6. The van der Waals surface area contributed by atoms with Gasteiger partial charge in [0.1, 0.15) is 24.7 Å². The lowest BCUT2D eigenvalue weighted by molar-refractivity contribution is 0.111. The molecule has 6 aromatic rings. The monoisotopic (exact) mass is 620 g/mol. The van der Waals surface area contributed by atoms with Gasteiger partial charge in [0.15, 0.2) is 0 Å². The molecule has 0 spiro atoms. The van der Waals surface area contributed by atoms with Gasteiger partial charge in [0, 0.05) is 45.3 Å². The van der Waals surface area contributed by atoms with Gasteiger partial charge in [0.2, 0.25) is 0 Å². The highest BCUT2D eigenvalue weighted by Crippen LogP contribution is 2.38. The van der Waals surface area contributed by atoms with Crippen molar-refractivity contribution in [2.75, 3.05) is 9.80 Å². The van der Waals surface area contributed by atoms with Crippen LogP contribution in [0.1, 0.15) is 31.8 Å². The summed E-state index contributed by atoms with van der Waals surface area (Å²) in [6, 6.07) is 54.0. The first-order valence-corrected chi connectivity index (χ1v) is 15.2. The average Bonchev–Trinajstić information content (AvgIpc) is 3.16. The Labute approximate surface area is 279 Å². The summed E-state index contributed by atoms with van der Waals surface area (Å²) in [5.41, 5.74) is 8.19. The molecule has 6 rings (SSSR count). The van der Waals surface area contributed by atoms with Crippen LogP contribution >= 0.6 is 0 Å². The Morgan fingerprint density at radius 2 is 0.667 bits per heavy atom. The number of nitrogens with zero attached hydrogens (tertiary/aromatic N) is 4. The first-order valence-electron chi connectivity index (χ1n) is 15.2. The number of para-hydroxylation sites is 2. The largest absolute Gasteiger partial charge is 0.311 e. The first kappa shape index (κ1) is 31.0. The Morgan fingerprint density at radius 3 is 0.938 bits per heavy atom.